The predicted octanol–water partition coefficient (Wildman–Crippen LogP) is 3.96. The van der Waals surface area contributed by atoms with Crippen LogP contribution in [0.5, 0.6) is 0 Å². The van der Waals surface area contributed by atoms with Crippen molar-refractivity contribution in [2.75, 3.05) is 13.1 Å². The highest BCUT2D eigenvalue weighted by Crippen LogP contribution is 2.25. The maximum atomic E-state index is 13.7. The zero-order valence-corrected chi connectivity index (χ0v) is 13.2. The van der Waals surface area contributed by atoms with E-state index in [1.165, 1.54) is 19.2 Å². The Kier molecular flexibility index (Phi) is 5.76. The number of carbonyl (C=O) groups excluding carboxylic acids is 1. The van der Waals surface area contributed by atoms with Crippen molar-refractivity contribution in [2.24, 2.45) is 0 Å². The largest absolute Gasteiger partial charge is 0.441 e. The number of alkyl halides is 3. The summed E-state index contributed by atoms with van der Waals surface area (Å²) >= 11 is 0. The lowest BCUT2D eigenvalue weighted by molar-refractivity contribution is -0.160. The summed E-state index contributed by atoms with van der Waals surface area (Å²) in [6.45, 7) is 0.0557. The molecule has 0 spiro atoms. The molecule has 0 atom stereocenters. The van der Waals surface area contributed by atoms with Crippen LogP contribution in [-0.2, 0) is 11.2 Å². The molecule has 0 aliphatic carbocycles. The van der Waals surface area contributed by atoms with Gasteiger partial charge in [-0.05, 0) is 19.1 Å². The highest BCUT2D eigenvalue weighted by atomic mass is 19.4. The minimum atomic E-state index is -4.47. The van der Waals surface area contributed by atoms with Crippen LogP contribution in [0.3, 0.4) is 0 Å². The van der Waals surface area contributed by atoms with E-state index in [1.807, 2.05) is 0 Å². The molecule has 2 aromatic rings. The van der Waals surface area contributed by atoms with Gasteiger partial charge < -0.3 is 9.32 Å². The van der Waals surface area contributed by atoms with E-state index in [1.54, 1.807) is 0 Å². The van der Waals surface area contributed by atoms with Crippen LogP contribution < -0.4 is 0 Å². The van der Waals surface area contributed by atoms with Crippen molar-refractivity contribution in [3.05, 3.63) is 41.9 Å². The number of aromatic nitrogens is 1. The van der Waals surface area contributed by atoms with E-state index < -0.39 is 30.3 Å². The van der Waals surface area contributed by atoms with E-state index in [-0.39, 0.29) is 36.6 Å². The number of rotatable bonds is 6. The topological polar surface area (TPSA) is 46.3 Å². The summed E-state index contributed by atoms with van der Waals surface area (Å²) in [6, 6.07) is 2.93. The number of oxazole rings is 1. The molecule has 1 amide bonds. The first-order chi connectivity index (χ1) is 11.7. The van der Waals surface area contributed by atoms with Gasteiger partial charge in [-0.25, -0.2) is 13.8 Å². The first-order valence-corrected chi connectivity index (χ1v) is 7.44. The number of hydrogen-bond donors (Lipinski definition) is 0. The molecule has 0 saturated heterocycles. The summed E-state index contributed by atoms with van der Waals surface area (Å²) in [5.41, 5.74) is -0.00117. The third kappa shape index (κ3) is 5.27. The molecule has 2 rings (SSSR count). The lowest BCUT2D eigenvalue weighted by Crippen LogP contribution is -2.38. The highest BCUT2D eigenvalue weighted by molar-refractivity contribution is 5.76. The normalized spacial score (nSPS) is 11.6. The molecule has 0 N–H and O–H groups in total. The van der Waals surface area contributed by atoms with Crippen LogP contribution >= 0.6 is 0 Å². The lowest BCUT2D eigenvalue weighted by atomic mass is 10.2. The van der Waals surface area contributed by atoms with Crippen LogP contribution in [0, 0.1) is 11.6 Å². The molecule has 136 valence electrons. The molecule has 1 heterocycles. The van der Waals surface area contributed by atoms with Gasteiger partial charge in [-0.3, -0.25) is 4.79 Å². The molecule has 0 fully saturated rings. The third-order valence-corrected chi connectivity index (χ3v) is 3.41. The second-order valence-corrected chi connectivity index (χ2v) is 5.27. The van der Waals surface area contributed by atoms with Gasteiger partial charge in [0, 0.05) is 25.5 Å². The summed E-state index contributed by atoms with van der Waals surface area (Å²) < 4.78 is 69.0. The molecule has 0 aliphatic heterocycles. The van der Waals surface area contributed by atoms with E-state index >= 15 is 0 Å². The SMILES string of the molecule is CCN(CC(F)(F)F)C(=O)CCc1ncc(-c2ccc(F)cc2F)o1. The van der Waals surface area contributed by atoms with Gasteiger partial charge in [-0.1, -0.05) is 0 Å². The second kappa shape index (κ2) is 7.62. The zero-order valence-electron chi connectivity index (χ0n) is 13.2. The average Bonchev–Trinajstić information content (AvgIpc) is 2.98. The fourth-order valence-corrected chi connectivity index (χ4v) is 2.20. The van der Waals surface area contributed by atoms with Gasteiger partial charge in [0.15, 0.2) is 11.7 Å². The predicted molar refractivity (Wildman–Crippen MR) is 78.5 cm³/mol. The number of benzene rings is 1. The van der Waals surface area contributed by atoms with Crippen LogP contribution in [0.4, 0.5) is 22.0 Å². The van der Waals surface area contributed by atoms with Crippen LogP contribution in [0.15, 0.2) is 28.8 Å². The van der Waals surface area contributed by atoms with E-state index in [4.69, 9.17) is 4.42 Å². The molecule has 1 aromatic carbocycles. The Bertz CT molecular complexity index is 742. The van der Waals surface area contributed by atoms with E-state index in [9.17, 15) is 26.7 Å². The summed E-state index contributed by atoms with van der Waals surface area (Å²) in [4.78, 5) is 16.4. The Balaban J connectivity index is 2.00. The Morgan fingerprint density at radius 2 is 2.00 bits per heavy atom. The minimum absolute atomic E-state index is 0.00117. The summed E-state index contributed by atoms with van der Waals surface area (Å²) in [7, 11) is 0. The molecule has 9 heteroatoms. The molecule has 0 bridgehead atoms. The fraction of sp³-hybridized carbons (Fsp3) is 0.375. The van der Waals surface area contributed by atoms with Crippen molar-refractivity contribution in [3.63, 3.8) is 0 Å². The van der Waals surface area contributed by atoms with E-state index in [2.05, 4.69) is 4.98 Å². The van der Waals surface area contributed by atoms with Crippen LogP contribution in [-0.4, -0.2) is 35.1 Å². The second-order valence-electron chi connectivity index (χ2n) is 5.27. The third-order valence-electron chi connectivity index (χ3n) is 3.41. The Morgan fingerprint density at radius 3 is 2.60 bits per heavy atom. The number of nitrogens with zero attached hydrogens (tertiary/aromatic N) is 2. The average molecular weight is 362 g/mol. The Labute approximate surface area is 140 Å². The molecule has 0 radical (unpaired) electrons. The van der Waals surface area contributed by atoms with Gasteiger partial charge in [-0.2, -0.15) is 13.2 Å². The van der Waals surface area contributed by atoms with Gasteiger partial charge in [0.05, 0.1) is 11.8 Å². The quantitative estimate of drug-likeness (QED) is 0.731. The first-order valence-electron chi connectivity index (χ1n) is 7.44. The van der Waals surface area contributed by atoms with Gasteiger partial charge in [-0.15, -0.1) is 0 Å². The first kappa shape index (κ1) is 18.9. The van der Waals surface area contributed by atoms with Crippen molar-refractivity contribution in [3.8, 4) is 11.3 Å². The molecular weight excluding hydrogens is 347 g/mol. The lowest BCUT2D eigenvalue weighted by Gasteiger charge is -2.21. The highest BCUT2D eigenvalue weighted by Gasteiger charge is 2.32. The Morgan fingerprint density at radius 1 is 1.28 bits per heavy atom. The van der Waals surface area contributed by atoms with E-state index in [0.717, 1.165) is 6.07 Å². The number of amides is 1. The van der Waals surface area contributed by atoms with Crippen molar-refractivity contribution in [1.29, 1.82) is 0 Å². The van der Waals surface area contributed by atoms with Crippen molar-refractivity contribution in [2.45, 2.75) is 25.9 Å². The molecule has 4 nitrogen and oxygen atoms in total. The maximum absolute atomic E-state index is 13.7. The van der Waals surface area contributed by atoms with Crippen molar-refractivity contribution >= 4 is 5.91 Å². The number of aryl methyl sites for hydroxylation is 1. The number of hydrogen-bond acceptors (Lipinski definition) is 3. The van der Waals surface area contributed by atoms with Crippen LogP contribution in [0.2, 0.25) is 0 Å². The standard InChI is InChI=1S/C16H15F5N2O2/c1-2-23(9-16(19,20)21)15(24)6-5-14-22-8-13(25-14)11-4-3-10(17)7-12(11)18/h3-4,7-8H,2,5-6,9H2,1H3. The molecule has 25 heavy (non-hydrogen) atoms. The molecule has 0 unspecified atom stereocenters. The van der Waals surface area contributed by atoms with Crippen molar-refractivity contribution in [1.82, 2.24) is 9.88 Å². The molecule has 1 aromatic heterocycles. The Hall–Kier alpha value is -2.45. The summed E-state index contributed by atoms with van der Waals surface area (Å²) in [5, 5.41) is 0. The smallest absolute Gasteiger partial charge is 0.406 e. The van der Waals surface area contributed by atoms with Crippen molar-refractivity contribution < 1.29 is 31.2 Å². The molecular formula is C16H15F5N2O2. The maximum Gasteiger partial charge on any atom is 0.406 e. The molecule has 0 aliphatic rings. The van der Waals surface area contributed by atoms with E-state index in [0.29, 0.717) is 11.0 Å². The van der Waals surface area contributed by atoms with Gasteiger partial charge in [0.2, 0.25) is 5.91 Å². The van der Waals surface area contributed by atoms with Gasteiger partial charge in [0.1, 0.15) is 18.2 Å². The minimum Gasteiger partial charge on any atom is -0.441 e. The summed E-state index contributed by atoms with van der Waals surface area (Å²) in [5.74, 6) is -2.14. The van der Waals surface area contributed by atoms with Crippen LogP contribution in [0.1, 0.15) is 19.2 Å². The number of halogens is 5. The summed E-state index contributed by atoms with van der Waals surface area (Å²) in [6.07, 6.45) is -3.52. The van der Waals surface area contributed by atoms with Gasteiger partial charge >= 0.3 is 6.18 Å². The number of carbonyl (C=O) groups is 1. The monoisotopic (exact) mass is 362 g/mol. The zero-order chi connectivity index (χ0) is 18.6. The molecule has 0 saturated carbocycles. The van der Waals surface area contributed by atoms with Gasteiger partial charge in [0.25, 0.3) is 0 Å². The fourth-order valence-electron chi connectivity index (χ4n) is 2.20. The van der Waals surface area contributed by atoms with Crippen LogP contribution in [0.25, 0.3) is 11.3 Å².